The molecule has 1 unspecified atom stereocenters. The molecule has 0 amide bonds. The lowest BCUT2D eigenvalue weighted by molar-refractivity contribution is 0.394. The number of nitrogens with zero attached hydrogens (tertiary/aromatic N) is 3. The molecule has 156 valence electrons. The maximum absolute atomic E-state index is 5.48. The van der Waals surface area contributed by atoms with Gasteiger partial charge in [-0.1, -0.05) is 0 Å². The standard InChI is InChI=1S/C20H31N5O2.HI/c1-15(18-14-17(26-4)8-9-19(18)27-5)24-20(21-3)23-10-6-7-12-25-13-11-22-16(25)2;/h8-9,11,13-15H,6-7,10,12H2,1-5H3,(H2,21,23,24);1H. The lowest BCUT2D eigenvalue weighted by Gasteiger charge is -2.21. The van der Waals surface area contributed by atoms with Crippen LogP contribution in [0.4, 0.5) is 0 Å². The lowest BCUT2D eigenvalue weighted by Crippen LogP contribution is -2.39. The van der Waals surface area contributed by atoms with Crippen LogP contribution in [-0.2, 0) is 6.54 Å². The Morgan fingerprint density at radius 3 is 2.64 bits per heavy atom. The first-order valence-corrected chi connectivity index (χ1v) is 9.26. The molecular weight excluding hydrogens is 469 g/mol. The number of nitrogens with one attached hydrogen (secondary N) is 2. The van der Waals surface area contributed by atoms with E-state index in [1.54, 1.807) is 21.3 Å². The van der Waals surface area contributed by atoms with E-state index in [1.165, 1.54) is 0 Å². The first kappa shape index (κ1) is 24.1. The number of imidazole rings is 1. The number of aromatic nitrogens is 2. The van der Waals surface area contributed by atoms with Gasteiger partial charge in [0.15, 0.2) is 5.96 Å². The van der Waals surface area contributed by atoms with E-state index in [1.807, 2.05) is 37.5 Å². The fourth-order valence-corrected chi connectivity index (χ4v) is 2.91. The summed E-state index contributed by atoms with van der Waals surface area (Å²) in [4.78, 5) is 8.56. The predicted octanol–water partition coefficient (Wildman–Crippen LogP) is 3.53. The molecule has 7 nitrogen and oxygen atoms in total. The van der Waals surface area contributed by atoms with Crippen molar-refractivity contribution in [2.75, 3.05) is 27.8 Å². The molecule has 1 heterocycles. The van der Waals surface area contributed by atoms with Crippen LogP contribution >= 0.6 is 24.0 Å². The van der Waals surface area contributed by atoms with Gasteiger partial charge in [0.2, 0.25) is 0 Å². The number of hydrogen-bond donors (Lipinski definition) is 2. The second kappa shape index (κ2) is 12.5. The summed E-state index contributed by atoms with van der Waals surface area (Å²) in [5.74, 6) is 3.45. The Labute approximate surface area is 185 Å². The Balaban J connectivity index is 0.00000392. The molecule has 0 fully saturated rings. The zero-order valence-corrected chi connectivity index (χ0v) is 19.7. The Morgan fingerprint density at radius 1 is 1.25 bits per heavy atom. The van der Waals surface area contributed by atoms with E-state index in [-0.39, 0.29) is 30.0 Å². The molecule has 0 spiro atoms. The predicted molar refractivity (Wildman–Crippen MR) is 124 cm³/mol. The normalized spacial score (nSPS) is 12.1. The van der Waals surface area contributed by atoms with E-state index in [0.717, 1.165) is 54.8 Å². The first-order chi connectivity index (χ1) is 13.1. The van der Waals surface area contributed by atoms with Crippen LogP contribution in [0.5, 0.6) is 11.5 Å². The lowest BCUT2D eigenvalue weighted by atomic mass is 10.1. The van der Waals surface area contributed by atoms with E-state index in [0.29, 0.717) is 0 Å². The molecule has 28 heavy (non-hydrogen) atoms. The van der Waals surface area contributed by atoms with Crippen LogP contribution in [0.3, 0.4) is 0 Å². The SMILES string of the molecule is CN=C(NCCCCn1ccnc1C)NC(C)c1cc(OC)ccc1OC.I. The molecule has 2 aromatic rings. The second-order valence-corrected chi connectivity index (χ2v) is 6.35. The molecule has 1 aromatic carbocycles. The van der Waals surface area contributed by atoms with Gasteiger partial charge in [-0.25, -0.2) is 4.98 Å². The van der Waals surface area contributed by atoms with Crippen LogP contribution in [0.1, 0.15) is 37.2 Å². The average molecular weight is 501 g/mol. The quantitative estimate of drug-likeness (QED) is 0.238. The van der Waals surface area contributed by atoms with Crippen molar-refractivity contribution in [2.24, 2.45) is 4.99 Å². The van der Waals surface area contributed by atoms with Gasteiger partial charge in [0.25, 0.3) is 0 Å². The van der Waals surface area contributed by atoms with Crippen molar-refractivity contribution in [1.29, 1.82) is 0 Å². The van der Waals surface area contributed by atoms with E-state index >= 15 is 0 Å². The molecule has 0 bridgehead atoms. The number of aryl methyl sites for hydroxylation is 2. The molecule has 0 saturated carbocycles. The molecule has 0 aliphatic heterocycles. The third kappa shape index (κ3) is 6.88. The Hall–Kier alpha value is -1.97. The number of halogens is 1. The van der Waals surface area contributed by atoms with Gasteiger partial charge >= 0.3 is 0 Å². The minimum Gasteiger partial charge on any atom is -0.497 e. The highest BCUT2D eigenvalue weighted by Gasteiger charge is 2.14. The summed E-state index contributed by atoms with van der Waals surface area (Å²) in [6, 6.07) is 5.82. The molecular formula is C20H32IN5O2. The third-order valence-electron chi connectivity index (χ3n) is 4.52. The number of aliphatic imine (C=N–C) groups is 1. The molecule has 0 saturated heterocycles. The topological polar surface area (TPSA) is 72.7 Å². The van der Waals surface area contributed by atoms with Crippen LogP contribution in [0, 0.1) is 6.92 Å². The van der Waals surface area contributed by atoms with Gasteiger partial charge in [-0.2, -0.15) is 0 Å². The van der Waals surface area contributed by atoms with Gasteiger partial charge in [-0.15, -0.1) is 24.0 Å². The second-order valence-electron chi connectivity index (χ2n) is 6.35. The molecule has 1 atom stereocenters. The van der Waals surface area contributed by atoms with Crippen molar-refractivity contribution >= 4 is 29.9 Å². The maximum atomic E-state index is 5.48. The number of rotatable bonds is 9. The van der Waals surface area contributed by atoms with E-state index in [4.69, 9.17) is 9.47 Å². The van der Waals surface area contributed by atoms with Crippen molar-refractivity contribution in [1.82, 2.24) is 20.2 Å². The summed E-state index contributed by atoms with van der Waals surface area (Å²) in [6.07, 6.45) is 6.00. The fourth-order valence-electron chi connectivity index (χ4n) is 2.91. The number of ether oxygens (including phenoxy) is 2. The van der Waals surface area contributed by atoms with Crippen LogP contribution in [0.2, 0.25) is 0 Å². The zero-order chi connectivity index (χ0) is 19.6. The highest BCUT2D eigenvalue weighted by molar-refractivity contribution is 14.0. The van der Waals surface area contributed by atoms with Gasteiger partial charge in [0.05, 0.1) is 20.3 Å². The van der Waals surface area contributed by atoms with Crippen molar-refractivity contribution in [3.63, 3.8) is 0 Å². The molecule has 8 heteroatoms. The van der Waals surface area contributed by atoms with Crippen LogP contribution in [0.25, 0.3) is 0 Å². The van der Waals surface area contributed by atoms with E-state index in [9.17, 15) is 0 Å². The van der Waals surface area contributed by atoms with E-state index < -0.39 is 0 Å². The average Bonchev–Trinajstić information content (AvgIpc) is 3.10. The van der Waals surface area contributed by atoms with Crippen molar-refractivity contribution in [3.05, 3.63) is 42.0 Å². The van der Waals surface area contributed by atoms with Gasteiger partial charge in [-0.3, -0.25) is 4.99 Å². The largest absolute Gasteiger partial charge is 0.497 e. The van der Waals surface area contributed by atoms with Gasteiger partial charge in [0, 0.05) is 38.1 Å². The van der Waals surface area contributed by atoms with Gasteiger partial charge < -0.3 is 24.7 Å². The fraction of sp³-hybridized carbons (Fsp3) is 0.500. The number of guanidine groups is 1. The summed E-state index contributed by atoms with van der Waals surface area (Å²) >= 11 is 0. The summed E-state index contributed by atoms with van der Waals surface area (Å²) < 4.78 is 13.0. The van der Waals surface area contributed by atoms with E-state index in [2.05, 4.69) is 32.1 Å². The molecule has 0 aliphatic rings. The molecule has 0 radical (unpaired) electrons. The molecule has 0 aliphatic carbocycles. The van der Waals surface area contributed by atoms with Crippen LogP contribution in [-0.4, -0.2) is 43.3 Å². The summed E-state index contributed by atoms with van der Waals surface area (Å²) in [6.45, 7) is 5.94. The molecule has 2 N–H and O–H groups in total. The minimum absolute atomic E-state index is 0. The van der Waals surface area contributed by atoms with Gasteiger partial charge in [0.1, 0.15) is 17.3 Å². The third-order valence-corrected chi connectivity index (χ3v) is 4.52. The Morgan fingerprint density at radius 2 is 2.04 bits per heavy atom. The number of benzene rings is 1. The number of hydrogen-bond acceptors (Lipinski definition) is 4. The highest BCUT2D eigenvalue weighted by Crippen LogP contribution is 2.29. The molecule has 2 rings (SSSR count). The summed E-state index contributed by atoms with van der Waals surface area (Å²) in [5, 5.41) is 6.78. The maximum Gasteiger partial charge on any atom is 0.191 e. The van der Waals surface area contributed by atoms with Crippen molar-refractivity contribution < 1.29 is 9.47 Å². The van der Waals surface area contributed by atoms with Gasteiger partial charge in [-0.05, 0) is 44.9 Å². The van der Waals surface area contributed by atoms with Crippen LogP contribution in [0.15, 0.2) is 35.6 Å². The highest BCUT2D eigenvalue weighted by atomic mass is 127. The Bertz CT molecular complexity index is 748. The molecule has 1 aromatic heterocycles. The summed E-state index contributed by atoms with van der Waals surface area (Å²) in [7, 11) is 5.11. The van der Waals surface area contributed by atoms with Crippen LogP contribution < -0.4 is 20.1 Å². The Kier molecular flexibility index (Phi) is 10.7. The smallest absolute Gasteiger partial charge is 0.191 e. The zero-order valence-electron chi connectivity index (χ0n) is 17.4. The summed E-state index contributed by atoms with van der Waals surface area (Å²) in [5.41, 5.74) is 1.02. The number of methoxy groups -OCH3 is 2. The first-order valence-electron chi connectivity index (χ1n) is 9.26. The number of unbranched alkanes of at least 4 members (excludes halogenated alkanes) is 1. The monoisotopic (exact) mass is 501 g/mol. The van der Waals surface area contributed by atoms with Crippen molar-refractivity contribution in [3.8, 4) is 11.5 Å². The van der Waals surface area contributed by atoms with Crippen molar-refractivity contribution in [2.45, 2.75) is 39.3 Å². The minimum atomic E-state index is 0.